The number of Topliss-reactive ketones (excluding diaryl/α,β-unsaturated/α-hetero) is 1. The van der Waals surface area contributed by atoms with Crippen molar-refractivity contribution in [1.82, 2.24) is 10.2 Å². The van der Waals surface area contributed by atoms with Crippen molar-refractivity contribution in [3.63, 3.8) is 0 Å². The number of methoxy groups -OCH3 is 2. The normalized spacial score (nSPS) is 20.5. The van der Waals surface area contributed by atoms with Crippen molar-refractivity contribution in [1.29, 1.82) is 0 Å². The molecule has 32 heavy (non-hydrogen) atoms. The molecule has 1 aromatic carbocycles. The molecule has 8 nitrogen and oxygen atoms in total. The summed E-state index contributed by atoms with van der Waals surface area (Å²) < 4.78 is 29.6. The topological polar surface area (TPSA) is 94.2 Å². The third-order valence-corrected chi connectivity index (χ3v) is 5.41. The van der Waals surface area contributed by atoms with Crippen LogP contribution >= 0.6 is 0 Å². The number of rotatable bonds is 8. The predicted octanol–water partition coefficient (Wildman–Crippen LogP) is 2.80. The van der Waals surface area contributed by atoms with Gasteiger partial charge in [-0.15, -0.1) is 0 Å². The predicted molar refractivity (Wildman–Crippen MR) is 116 cm³/mol. The van der Waals surface area contributed by atoms with Crippen LogP contribution in [0.1, 0.15) is 44.5 Å². The molecule has 1 aliphatic heterocycles. The van der Waals surface area contributed by atoms with E-state index in [1.165, 1.54) is 31.4 Å². The summed E-state index contributed by atoms with van der Waals surface area (Å²) >= 11 is 0. The molecule has 1 fully saturated rings. The van der Waals surface area contributed by atoms with Crippen LogP contribution in [0.25, 0.3) is 0 Å². The van der Waals surface area contributed by atoms with Gasteiger partial charge in [-0.1, -0.05) is 6.92 Å². The Labute approximate surface area is 188 Å². The monoisotopic (exact) mass is 452 g/mol. The third kappa shape index (κ3) is 6.74. The molecule has 0 spiro atoms. The Kier molecular flexibility index (Phi) is 8.74. The Hall–Kier alpha value is -2.52. The van der Waals surface area contributed by atoms with Gasteiger partial charge in [-0.05, 0) is 51.5 Å². The van der Waals surface area contributed by atoms with Crippen LogP contribution in [-0.2, 0) is 19.0 Å². The van der Waals surface area contributed by atoms with Crippen molar-refractivity contribution in [3.05, 3.63) is 35.6 Å². The van der Waals surface area contributed by atoms with Gasteiger partial charge in [-0.2, -0.15) is 0 Å². The second-order valence-corrected chi connectivity index (χ2v) is 8.93. The summed E-state index contributed by atoms with van der Waals surface area (Å²) in [5, 5.41) is 2.61. The Morgan fingerprint density at radius 2 is 1.81 bits per heavy atom. The highest BCUT2D eigenvalue weighted by molar-refractivity contribution is 5.99. The molecule has 1 aromatic rings. The van der Waals surface area contributed by atoms with Crippen LogP contribution in [0.5, 0.6) is 0 Å². The van der Waals surface area contributed by atoms with E-state index in [9.17, 15) is 18.8 Å². The lowest BCUT2D eigenvalue weighted by Crippen LogP contribution is -2.51. The van der Waals surface area contributed by atoms with Crippen molar-refractivity contribution in [2.75, 3.05) is 27.3 Å². The average molecular weight is 453 g/mol. The number of benzene rings is 1. The van der Waals surface area contributed by atoms with Gasteiger partial charge in [-0.3, -0.25) is 14.5 Å². The van der Waals surface area contributed by atoms with Gasteiger partial charge < -0.3 is 19.5 Å². The first-order valence-electron chi connectivity index (χ1n) is 10.6. The summed E-state index contributed by atoms with van der Waals surface area (Å²) in [6.07, 6.45) is -0.854. The number of hydrogen-bond donors (Lipinski definition) is 1. The summed E-state index contributed by atoms with van der Waals surface area (Å²) in [6.45, 7) is 7.13. The second kappa shape index (κ2) is 10.9. The lowest BCUT2D eigenvalue weighted by Gasteiger charge is -2.34. The molecular weight excluding hydrogens is 419 g/mol. The Morgan fingerprint density at radius 1 is 1.19 bits per heavy atom. The first-order valence-corrected chi connectivity index (χ1v) is 10.6. The molecule has 0 saturated carbocycles. The number of ether oxygens (including phenoxy) is 3. The quantitative estimate of drug-likeness (QED) is 0.610. The Bertz CT molecular complexity index is 808. The number of ketones is 1. The highest BCUT2D eigenvalue weighted by Crippen LogP contribution is 2.29. The molecule has 0 bridgehead atoms. The van der Waals surface area contributed by atoms with Crippen molar-refractivity contribution in [2.24, 2.45) is 5.92 Å². The molecule has 1 N–H and O–H groups in total. The minimum atomic E-state index is -0.668. The van der Waals surface area contributed by atoms with Crippen LogP contribution in [0.2, 0.25) is 0 Å². The Balaban J connectivity index is 2.06. The summed E-state index contributed by atoms with van der Waals surface area (Å²) in [4.78, 5) is 39.4. The molecule has 2 amide bonds. The molecule has 0 radical (unpaired) electrons. The maximum atomic E-state index is 13.0. The largest absolute Gasteiger partial charge is 0.444 e. The number of amides is 2. The standard InChI is InChI=1S/C23H33FN2O6/c1-14(21(28)25-12-19(27)15-7-9-16(24)10-8-15)20(31-6)18-11-17(30-5)13-26(18)22(29)32-23(2,3)4/h7-10,14,17-18,20H,11-13H2,1-6H3,(H,25,28)/t14-,17-,18+,20-/m1/s1. The van der Waals surface area contributed by atoms with E-state index < -0.39 is 41.5 Å². The van der Waals surface area contributed by atoms with Gasteiger partial charge in [0.25, 0.3) is 0 Å². The van der Waals surface area contributed by atoms with E-state index in [4.69, 9.17) is 14.2 Å². The van der Waals surface area contributed by atoms with Crippen LogP contribution in [0.15, 0.2) is 24.3 Å². The zero-order chi connectivity index (χ0) is 24.1. The maximum Gasteiger partial charge on any atom is 0.410 e. The zero-order valence-corrected chi connectivity index (χ0v) is 19.5. The SMILES string of the molecule is CO[C@@H]1C[C@@H]([C@H](OC)[C@@H](C)C(=O)NCC(=O)c2ccc(F)cc2)N(C(=O)OC(C)(C)C)C1. The van der Waals surface area contributed by atoms with E-state index in [2.05, 4.69) is 5.32 Å². The summed E-state index contributed by atoms with van der Waals surface area (Å²) in [6, 6.07) is 4.68. The summed E-state index contributed by atoms with van der Waals surface area (Å²) in [5.74, 6) is -1.83. The van der Waals surface area contributed by atoms with Gasteiger partial charge in [0.05, 0.1) is 37.3 Å². The molecule has 0 unspecified atom stereocenters. The molecule has 2 rings (SSSR count). The summed E-state index contributed by atoms with van der Waals surface area (Å²) in [5.41, 5.74) is -0.364. The van der Waals surface area contributed by atoms with E-state index in [1.807, 2.05) is 0 Å². The second-order valence-electron chi connectivity index (χ2n) is 8.93. The molecule has 0 aliphatic carbocycles. The maximum absolute atomic E-state index is 13.0. The molecular formula is C23H33FN2O6. The molecule has 9 heteroatoms. The van der Waals surface area contributed by atoms with Crippen LogP contribution in [0.3, 0.4) is 0 Å². The van der Waals surface area contributed by atoms with Gasteiger partial charge in [0.2, 0.25) is 5.91 Å². The fourth-order valence-corrected chi connectivity index (χ4v) is 3.75. The number of carbonyl (C=O) groups is 3. The van der Waals surface area contributed by atoms with E-state index in [0.717, 1.165) is 0 Å². The van der Waals surface area contributed by atoms with Gasteiger partial charge in [-0.25, -0.2) is 9.18 Å². The summed E-state index contributed by atoms with van der Waals surface area (Å²) in [7, 11) is 3.05. The first kappa shape index (κ1) is 25.7. The minimum Gasteiger partial charge on any atom is -0.444 e. The minimum absolute atomic E-state index is 0.208. The molecule has 1 aliphatic rings. The van der Waals surface area contributed by atoms with E-state index >= 15 is 0 Å². The number of hydrogen-bond acceptors (Lipinski definition) is 6. The number of likely N-dealkylation sites (tertiary alicyclic amines) is 1. The van der Waals surface area contributed by atoms with Crippen LogP contribution in [-0.4, -0.2) is 73.8 Å². The van der Waals surface area contributed by atoms with Gasteiger partial charge in [0.15, 0.2) is 5.78 Å². The highest BCUT2D eigenvalue weighted by Gasteiger charge is 2.45. The third-order valence-electron chi connectivity index (χ3n) is 5.41. The van der Waals surface area contributed by atoms with Crippen LogP contribution in [0, 0.1) is 11.7 Å². The molecule has 4 atom stereocenters. The van der Waals surface area contributed by atoms with E-state index in [-0.39, 0.29) is 18.4 Å². The van der Waals surface area contributed by atoms with E-state index in [0.29, 0.717) is 18.5 Å². The average Bonchev–Trinajstić information content (AvgIpc) is 3.16. The number of halogens is 1. The van der Waals surface area contributed by atoms with Crippen LogP contribution < -0.4 is 5.32 Å². The molecule has 1 saturated heterocycles. The fraction of sp³-hybridized carbons (Fsp3) is 0.609. The lowest BCUT2D eigenvalue weighted by atomic mass is 9.94. The molecule has 178 valence electrons. The number of nitrogens with one attached hydrogen (secondary N) is 1. The van der Waals surface area contributed by atoms with E-state index in [1.54, 1.807) is 39.7 Å². The number of carbonyl (C=O) groups excluding carboxylic acids is 3. The zero-order valence-electron chi connectivity index (χ0n) is 19.5. The van der Waals surface area contributed by atoms with Gasteiger partial charge >= 0.3 is 6.09 Å². The van der Waals surface area contributed by atoms with Crippen molar-refractivity contribution in [2.45, 2.75) is 58.0 Å². The van der Waals surface area contributed by atoms with Crippen LogP contribution in [0.4, 0.5) is 9.18 Å². The van der Waals surface area contributed by atoms with Crippen molar-refractivity contribution in [3.8, 4) is 0 Å². The fourth-order valence-electron chi connectivity index (χ4n) is 3.75. The highest BCUT2D eigenvalue weighted by atomic mass is 19.1. The molecule has 0 aromatic heterocycles. The smallest absolute Gasteiger partial charge is 0.410 e. The van der Waals surface area contributed by atoms with Crippen molar-refractivity contribution >= 4 is 17.8 Å². The lowest BCUT2D eigenvalue weighted by molar-refractivity contribution is -0.130. The van der Waals surface area contributed by atoms with Gasteiger partial charge in [0, 0.05) is 19.8 Å². The molecule has 1 heterocycles. The number of nitrogens with zero attached hydrogens (tertiary/aromatic N) is 1. The van der Waals surface area contributed by atoms with Crippen molar-refractivity contribution < 1.29 is 33.0 Å². The van der Waals surface area contributed by atoms with Gasteiger partial charge in [0.1, 0.15) is 11.4 Å². The first-order chi connectivity index (χ1) is 15.0. The Morgan fingerprint density at radius 3 is 2.34 bits per heavy atom.